The summed E-state index contributed by atoms with van der Waals surface area (Å²) in [6, 6.07) is 51.7. The Morgan fingerprint density at radius 1 is 0.242 bits per heavy atom. The Bertz CT molecular complexity index is 7130. The first-order valence-corrected chi connectivity index (χ1v) is 50.5. The molecule has 0 fully saturated rings. The maximum Gasteiger partial charge on any atom is 0.192 e. The first-order chi connectivity index (χ1) is 59.8. The minimum Gasteiger partial charge on any atom is -0.412 e. The Morgan fingerprint density at radius 3 is 0.680 bits per heavy atom. The molecule has 4 aliphatic heterocycles. The van der Waals surface area contributed by atoms with E-state index in [2.05, 4.69) is 369 Å². The number of aromatic nitrogens is 16. The van der Waals surface area contributed by atoms with Crippen molar-refractivity contribution in [1.82, 2.24) is 79.7 Å². The Labute approximate surface area is 752 Å². The van der Waals surface area contributed by atoms with Gasteiger partial charge in [0, 0.05) is 110 Å². The molecule has 18 nitrogen and oxygen atoms in total. The van der Waals surface area contributed by atoms with Crippen LogP contribution in [-0.2, 0) is 41.3 Å². The summed E-state index contributed by atoms with van der Waals surface area (Å²) in [5, 5.41) is 6.92. The van der Waals surface area contributed by atoms with E-state index in [-0.39, 0.29) is 55.8 Å². The number of rotatable bonds is 6. The van der Waals surface area contributed by atoms with E-state index in [0.717, 1.165) is 132 Å². The highest BCUT2D eigenvalue weighted by atomic mass is 28.4. The Morgan fingerprint density at radius 2 is 0.445 bits per heavy atom. The average molecular weight is 1730 g/mol. The highest BCUT2D eigenvalue weighted by Gasteiger charge is 2.40. The van der Waals surface area contributed by atoms with Crippen LogP contribution < -0.4 is 0 Å². The molecule has 0 aliphatic carbocycles. The van der Waals surface area contributed by atoms with Crippen LogP contribution in [0.4, 0.5) is 0 Å². The molecule has 16 bridgehead atoms. The Hall–Kier alpha value is -12.3. The van der Waals surface area contributed by atoms with Crippen LogP contribution in [0.1, 0.15) is 211 Å². The molecule has 0 unspecified atom stereocenters. The van der Waals surface area contributed by atoms with Gasteiger partial charge in [-0.25, -0.2) is 59.8 Å². The fourth-order valence-electron chi connectivity index (χ4n) is 16.2. The summed E-state index contributed by atoms with van der Waals surface area (Å²) in [7, 11) is -4.93. The summed E-state index contributed by atoms with van der Waals surface area (Å²) >= 11 is 0. The van der Waals surface area contributed by atoms with Gasteiger partial charge in [0.25, 0.3) is 0 Å². The van der Waals surface area contributed by atoms with Crippen LogP contribution in [0.25, 0.3) is 179 Å². The van der Waals surface area contributed by atoms with E-state index in [1.165, 1.54) is 0 Å². The van der Waals surface area contributed by atoms with Crippen molar-refractivity contribution in [2.75, 3.05) is 13.2 Å². The summed E-state index contributed by atoms with van der Waals surface area (Å²) in [5.41, 5.74) is 20.4. The van der Waals surface area contributed by atoms with Gasteiger partial charge in [-0.3, -0.25) is 0 Å². The molecule has 0 saturated heterocycles. The third-order valence-corrected chi connectivity index (χ3v) is 35.7. The van der Waals surface area contributed by atoms with Gasteiger partial charge in [-0.1, -0.05) is 263 Å². The van der Waals surface area contributed by atoms with Crippen molar-refractivity contribution >= 4 is 105 Å². The zero-order valence-electron chi connectivity index (χ0n) is 79.5. The van der Waals surface area contributed by atoms with Gasteiger partial charge in [-0.2, -0.15) is 0 Å². The van der Waals surface area contributed by atoms with E-state index >= 15 is 0 Å². The van der Waals surface area contributed by atoms with Crippen LogP contribution in [0.3, 0.4) is 0 Å². The summed E-state index contributed by atoms with van der Waals surface area (Å²) in [4.78, 5) is 80.5. The van der Waals surface area contributed by atoms with E-state index in [1.807, 2.05) is 12.1 Å². The fraction of sp³-hybridized carbons (Fsp3) is 0.352. The second-order valence-electron chi connectivity index (χ2n) is 44.4. The lowest BCUT2D eigenvalue weighted by Gasteiger charge is -2.37. The summed E-state index contributed by atoms with van der Waals surface area (Å²) < 4.78 is 14.6. The van der Waals surface area contributed by atoms with Crippen molar-refractivity contribution in [3.05, 3.63) is 201 Å². The number of hydrogen-bond donors (Lipinski definition) is 4. The zero-order chi connectivity index (χ0) is 91.2. The van der Waals surface area contributed by atoms with Crippen LogP contribution in [0, 0.1) is 23.7 Å². The molecule has 14 aromatic rings. The maximum atomic E-state index is 7.29. The molecule has 0 atom stereocenters. The van der Waals surface area contributed by atoms with Gasteiger partial charge in [0.05, 0.1) is 13.2 Å². The largest absolute Gasteiger partial charge is 0.412 e. The molecule has 128 heavy (non-hydrogen) atoms. The third-order valence-electron chi connectivity index (χ3n) is 26.7. The molecule has 648 valence electrons. The average Bonchev–Trinajstić information content (AvgIpc) is 1.59. The number of H-pyrrole nitrogens is 4. The third kappa shape index (κ3) is 16.1. The molecule has 0 saturated carbocycles. The number of hydrogen-bond acceptors (Lipinski definition) is 14. The Kier molecular flexibility index (Phi) is 20.4. The molecule has 18 rings (SSSR count). The van der Waals surface area contributed by atoms with Crippen LogP contribution in [-0.4, -0.2) is 110 Å². The summed E-state index contributed by atoms with van der Waals surface area (Å²) in [6.45, 7) is 63.2. The van der Waals surface area contributed by atoms with Crippen molar-refractivity contribution in [1.29, 1.82) is 0 Å². The fourth-order valence-corrected chi connectivity index (χ4v) is 18.1. The monoisotopic (exact) mass is 1720 g/mol. The van der Waals surface area contributed by atoms with Crippen LogP contribution >= 0.6 is 0 Å². The Balaban J connectivity index is 0.836. The number of benzene rings is 8. The molecular weight excluding hydrogens is 1610 g/mol. The zero-order valence-corrected chi connectivity index (χ0v) is 81.5. The molecule has 0 spiro atoms. The predicted octanol–water partition coefficient (Wildman–Crippen LogP) is 26.6. The first kappa shape index (κ1) is 86.4. The topological polar surface area (TPSA) is 236 Å². The summed E-state index contributed by atoms with van der Waals surface area (Å²) in [5.74, 6) is 19.0. The normalized spacial score (nSPS) is 13.6. The molecule has 10 heterocycles. The number of nitrogens with zero attached hydrogens (tertiary/aromatic N) is 12. The van der Waals surface area contributed by atoms with Crippen molar-refractivity contribution < 1.29 is 8.85 Å². The number of nitrogens with one attached hydrogen (secondary N) is 4. The summed E-state index contributed by atoms with van der Waals surface area (Å²) in [6.07, 6.45) is 0. The molecular formula is C108H116N16O2Si2. The van der Waals surface area contributed by atoms with Crippen LogP contribution in [0.15, 0.2) is 157 Å². The SMILES string of the molecule is CC(C)(C)c1ccc2c(c1)-c1nc-2nc2[nH]c(nc3nc(nc4[nH]c(n1)c1ccc(C(C)(C)C)cc41)-c1ccc(C#C/C(CO[Si](C)(C)C(C)(C)C)=C(/C#Cc4ccc5c(c4)-c4nc-5nc5[nH]c(nc6nc(nc7[nH]c(n4)c4ccc(C(C)(C)C)cc74)-c4ccc(C(C)(C)C)cc4-6)c4ccc(C(C)(C)C)cc54)CO[Si](C)(C)C(C)(C)C)cc1-3)c1ccc(C(C)(C)C)cc21. The van der Waals surface area contributed by atoms with Crippen LogP contribution in [0.5, 0.6) is 0 Å². The minimum atomic E-state index is -2.47. The van der Waals surface area contributed by atoms with Crippen molar-refractivity contribution in [2.45, 2.75) is 235 Å². The standard InChI is InChI=1S/C108H116N16O2Si2/c1-101(2,3)63-35-43-71-79(51-63)97-115-87(71)111-93-77-49-59(31-41-69(77)85(109-93)113-95-81-53-65(103(7,8)9)37-45-73(81)89(117-95)121-99-83-55-67(105(13,14)15)39-47-75(83)91(119-97)123-99)29-33-61(57-125-127(25,26)107(19,20)21)62(58-126-128(27,28)108(22,23)24)34-30-60-32-42-70-78(50-60)94-110-86(70)114-96-82-54-66(104(10,11)12)38-46-74(82)90(118-96)122-100-84-56-68(106(16,17)18)40-48-76(84)92(124-100)120-98-80-52-64(102(4,5)6)36-44-72(80)88(112-94)116-98/h31-32,35-56H,57-58H2,1-28H3,(H2,109,111,113,115,117,119,121,123)(H2,110,112,114,116,118,120,122,124)/b62-61+. The van der Waals surface area contributed by atoms with E-state index in [0.29, 0.717) is 103 Å². The van der Waals surface area contributed by atoms with Crippen molar-refractivity contribution in [3.8, 4) is 115 Å². The van der Waals surface area contributed by atoms with Gasteiger partial charge < -0.3 is 28.8 Å². The molecule has 6 aromatic heterocycles. The van der Waals surface area contributed by atoms with E-state index in [1.54, 1.807) is 0 Å². The van der Waals surface area contributed by atoms with Crippen molar-refractivity contribution in [3.63, 3.8) is 0 Å². The lowest BCUT2D eigenvalue weighted by Crippen LogP contribution is -2.42. The van der Waals surface area contributed by atoms with Gasteiger partial charge in [-0.15, -0.1) is 0 Å². The highest BCUT2D eigenvalue weighted by Crippen LogP contribution is 2.46. The van der Waals surface area contributed by atoms with Gasteiger partial charge in [0.1, 0.15) is 45.2 Å². The van der Waals surface area contributed by atoms with Gasteiger partial charge in [-0.05, 0) is 175 Å². The molecule has 4 N–H and O–H groups in total. The minimum absolute atomic E-state index is 0.134. The number of aromatic amines is 4. The molecule has 20 heteroatoms. The van der Waals surface area contributed by atoms with Gasteiger partial charge in [0.15, 0.2) is 63.2 Å². The second-order valence-corrected chi connectivity index (χ2v) is 54.0. The lowest BCUT2D eigenvalue weighted by molar-refractivity contribution is 0.308. The van der Waals surface area contributed by atoms with Gasteiger partial charge in [0.2, 0.25) is 0 Å². The predicted molar refractivity (Wildman–Crippen MR) is 531 cm³/mol. The van der Waals surface area contributed by atoms with Crippen molar-refractivity contribution in [2.24, 2.45) is 0 Å². The highest BCUT2D eigenvalue weighted by molar-refractivity contribution is 6.74. The first-order valence-electron chi connectivity index (χ1n) is 44.7. The van der Waals surface area contributed by atoms with E-state index in [9.17, 15) is 0 Å². The van der Waals surface area contributed by atoms with Crippen LogP contribution in [0.2, 0.25) is 36.3 Å². The quantitative estimate of drug-likeness (QED) is 0.0895. The van der Waals surface area contributed by atoms with Gasteiger partial charge >= 0.3 is 0 Å². The molecule has 0 radical (unpaired) electrons. The molecule has 4 aliphatic rings. The second kappa shape index (κ2) is 30.2. The van der Waals surface area contributed by atoms with E-state index in [4.69, 9.17) is 68.7 Å². The smallest absolute Gasteiger partial charge is 0.192 e. The molecule has 8 aromatic carbocycles. The maximum absolute atomic E-state index is 7.29. The lowest BCUT2D eigenvalue weighted by atomic mass is 9.85. The number of fused-ring (bicyclic) bond motifs is 40. The molecule has 0 amide bonds. The van der Waals surface area contributed by atoms with E-state index < -0.39 is 16.6 Å².